The Hall–Kier alpha value is -3.48. The molecule has 0 aliphatic carbocycles. The number of aromatic amines is 2. The summed E-state index contributed by atoms with van der Waals surface area (Å²) in [6.07, 6.45) is 0. The molecule has 0 saturated heterocycles. The highest BCUT2D eigenvalue weighted by molar-refractivity contribution is 5.96. The summed E-state index contributed by atoms with van der Waals surface area (Å²) >= 11 is 0. The molecule has 4 rings (SSSR count). The molecule has 4 aromatic rings. The summed E-state index contributed by atoms with van der Waals surface area (Å²) in [5.41, 5.74) is 2.79. The molecular weight excluding hydrogens is 306 g/mol. The number of carbonyl (C=O) groups excluding carboxylic acids is 1. The molecular formula is C17H13N5O2. The number of nitrogens with zero attached hydrogens (tertiary/aromatic N) is 2. The molecule has 3 N–H and O–H groups in total. The maximum absolute atomic E-state index is 11.9. The third kappa shape index (κ3) is 2.32. The predicted octanol–water partition coefficient (Wildman–Crippen LogP) is 2.42. The normalized spacial score (nSPS) is 11.0. The Bertz CT molecular complexity index is 1140. The van der Waals surface area contributed by atoms with Crippen molar-refractivity contribution >= 4 is 33.7 Å². The smallest absolute Gasteiger partial charge is 0.272 e. The van der Waals surface area contributed by atoms with Crippen LogP contribution in [0.2, 0.25) is 0 Å². The molecule has 2 aromatic heterocycles. The van der Waals surface area contributed by atoms with Crippen molar-refractivity contribution in [3.8, 4) is 11.3 Å². The van der Waals surface area contributed by atoms with E-state index in [9.17, 15) is 9.59 Å². The van der Waals surface area contributed by atoms with Crippen LogP contribution in [-0.4, -0.2) is 26.1 Å². The number of hydrogen-bond acceptors (Lipinski definition) is 4. The fraction of sp³-hybridized carbons (Fsp3) is 0.0588. The summed E-state index contributed by atoms with van der Waals surface area (Å²) in [5, 5.41) is 10.7. The van der Waals surface area contributed by atoms with Crippen LogP contribution in [0.1, 0.15) is 6.92 Å². The van der Waals surface area contributed by atoms with E-state index in [4.69, 9.17) is 0 Å². The molecule has 0 fully saturated rings. The highest BCUT2D eigenvalue weighted by atomic mass is 16.1. The number of carbonyl (C=O) groups is 1. The Morgan fingerprint density at radius 1 is 1.12 bits per heavy atom. The van der Waals surface area contributed by atoms with Crippen molar-refractivity contribution in [3.05, 3.63) is 52.8 Å². The number of benzene rings is 2. The van der Waals surface area contributed by atoms with Crippen LogP contribution < -0.4 is 10.9 Å². The Kier molecular flexibility index (Phi) is 3.13. The zero-order chi connectivity index (χ0) is 16.7. The van der Waals surface area contributed by atoms with Gasteiger partial charge in [-0.05, 0) is 18.2 Å². The second kappa shape index (κ2) is 5.31. The summed E-state index contributed by atoms with van der Waals surface area (Å²) in [5.74, 6) is 0.205. The summed E-state index contributed by atoms with van der Waals surface area (Å²) in [6.45, 7) is 1.43. The van der Waals surface area contributed by atoms with E-state index in [1.807, 2.05) is 36.4 Å². The minimum atomic E-state index is -0.219. The van der Waals surface area contributed by atoms with E-state index in [2.05, 4.69) is 25.5 Å². The van der Waals surface area contributed by atoms with Gasteiger partial charge >= 0.3 is 0 Å². The van der Waals surface area contributed by atoms with Gasteiger partial charge < -0.3 is 4.98 Å². The second-order valence-corrected chi connectivity index (χ2v) is 5.45. The van der Waals surface area contributed by atoms with Crippen molar-refractivity contribution in [1.29, 1.82) is 0 Å². The first kappa shape index (κ1) is 14.1. The fourth-order valence-electron chi connectivity index (χ4n) is 2.71. The average Bonchev–Trinajstić information content (AvgIpc) is 2.96. The van der Waals surface area contributed by atoms with Crippen LogP contribution >= 0.6 is 0 Å². The number of rotatable bonds is 2. The van der Waals surface area contributed by atoms with Crippen LogP contribution in [0.15, 0.2) is 47.3 Å². The van der Waals surface area contributed by atoms with E-state index < -0.39 is 0 Å². The summed E-state index contributed by atoms with van der Waals surface area (Å²) in [4.78, 5) is 30.4. The summed E-state index contributed by atoms with van der Waals surface area (Å²) in [7, 11) is 0. The van der Waals surface area contributed by atoms with Crippen molar-refractivity contribution in [2.45, 2.75) is 6.92 Å². The van der Waals surface area contributed by atoms with Crippen LogP contribution in [0.5, 0.6) is 0 Å². The zero-order valence-corrected chi connectivity index (χ0v) is 12.8. The van der Waals surface area contributed by atoms with E-state index >= 15 is 0 Å². The Labute approximate surface area is 135 Å². The number of H-pyrrole nitrogens is 2. The van der Waals surface area contributed by atoms with Gasteiger partial charge in [0, 0.05) is 17.9 Å². The quantitative estimate of drug-likeness (QED) is 0.528. The molecule has 1 amide bonds. The first-order chi connectivity index (χ1) is 11.6. The Morgan fingerprint density at radius 2 is 1.92 bits per heavy atom. The first-order valence-electron chi connectivity index (χ1n) is 7.37. The molecule has 0 unspecified atom stereocenters. The number of nitrogens with one attached hydrogen (secondary N) is 3. The van der Waals surface area contributed by atoms with Gasteiger partial charge in [-0.1, -0.05) is 24.3 Å². The fourth-order valence-corrected chi connectivity index (χ4v) is 2.71. The molecule has 0 aliphatic rings. The van der Waals surface area contributed by atoms with Gasteiger partial charge in [-0.3, -0.25) is 14.9 Å². The molecule has 0 aliphatic heterocycles. The number of imidazole rings is 1. The third-order valence-electron chi connectivity index (χ3n) is 3.75. The van der Waals surface area contributed by atoms with Crippen molar-refractivity contribution in [2.24, 2.45) is 0 Å². The van der Waals surface area contributed by atoms with Crippen molar-refractivity contribution in [2.75, 3.05) is 5.32 Å². The summed E-state index contributed by atoms with van der Waals surface area (Å²) < 4.78 is 0. The average molecular weight is 319 g/mol. The topological polar surface area (TPSA) is 104 Å². The SMILES string of the molecule is CC(=O)Nc1nc2cc(-c3n[nH]c(=O)c4ccccc34)ccc2[nH]1. The van der Waals surface area contributed by atoms with Gasteiger partial charge in [-0.2, -0.15) is 5.10 Å². The van der Waals surface area contributed by atoms with E-state index in [1.165, 1.54) is 6.92 Å². The van der Waals surface area contributed by atoms with E-state index in [0.717, 1.165) is 16.5 Å². The lowest BCUT2D eigenvalue weighted by Crippen LogP contribution is -2.09. The Balaban J connectivity index is 1.89. The number of anilines is 1. The highest BCUT2D eigenvalue weighted by Gasteiger charge is 2.11. The molecule has 0 spiro atoms. The largest absolute Gasteiger partial charge is 0.324 e. The number of amides is 1. The van der Waals surface area contributed by atoms with E-state index in [-0.39, 0.29) is 11.5 Å². The molecule has 118 valence electrons. The lowest BCUT2D eigenvalue weighted by atomic mass is 10.0. The van der Waals surface area contributed by atoms with Crippen LogP contribution in [0.3, 0.4) is 0 Å². The minimum absolute atomic E-state index is 0.192. The van der Waals surface area contributed by atoms with Crippen LogP contribution in [0, 0.1) is 0 Å². The molecule has 0 saturated carbocycles. The number of hydrogen-bond donors (Lipinski definition) is 3. The second-order valence-electron chi connectivity index (χ2n) is 5.45. The van der Waals surface area contributed by atoms with Gasteiger partial charge in [-0.25, -0.2) is 10.1 Å². The van der Waals surface area contributed by atoms with Crippen molar-refractivity contribution in [3.63, 3.8) is 0 Å². The van der Waals surface area contributed by atoms with E-state index in [1.54, 1.807) is 6.07 Å². The van der Waals surface area contributed by atoms with Gasteiger partial charge in [-0.15, -0.1) is 0 Å². The molecule has 0 radical (unpaired) electrons. The maximum atomic E-state index is 11.9. The zero-order valence-electron chi connectivity index (χ0n) is 12.8. The Morgan fingerprint density at radius 3 is 2.71 bits per heavy atom. The predicted molar refractivity (Wildman–Crippen MR) is 91.8 cm³/mol. The molecule has 0 atom stereocenters. The van der Waals surface area contributed by atoms with Gasteiger partial charge in [0.15, 0.2) is 0 Å². The van der Waals surface area contributed by atoms with Gasteiger partial charge in [0.1, 0.15) is 0 Å². The van der Waals surface area contributed by atoms with Gasteiger partial charge in [0.25, 0.3) is 5.56 Å². The molecule has 24 heavy (non-hydrogen) atoms. The summed E-state index contributed by atoms with van der Waals surface area (Å²) in [6, 6.07) is 12.9. The third-order valence-corrected chi connectivity index (χ3v) is 3.75. The lowest BCUT2D eigenvalue weighted by molar-refractivity contribution is -0.114. The number of fused-ring (bicyclic) bond motifs is 2. The standard InChI is InChI=1S/C17H13N5O2/c1-9(23)18-17-19-13-7-6-10(8-14(13)20-17)15-11-4-2-3-5-12(11)16(24)22-21-15/h2-8H,1H3,(H,22,24)(H2,18,19,20,23). The molecule has 2 heterocycles. The maximum Gasteiger partial charge on any atom is 0.272 e. The molecule has 0 bridgehead atoms. The lowest BCUT2D eigenvalue weighted by Gasteiger charge is -2.04. The molecule has 7 heteroatoms. The van der Waals surface area contributed by atoms with Crippen molar-refractivity contribution < 1.29 is 4.79 Å². The monoisotopic (exact) mass is 319 g/mol. The van der Waals surface area contributed by atoms with Crippen molar-refractivity contribution in [1.82, 2.24) is 20.2 Å². The highest BCUT2D eigenvalue weighted by Crippen LogP contribution is 2.27. The van der Waals surface area contributed by atoms with Gasteiger partial charge in [0.2, 0.25) is 11.9 Å². The first-order valence-corrected chi connectivity index (χ1v) is 7.37. The van der Waals surface area contributed by atoms with Crippen LogP contribution in [-0.2, 0) is 4.79 Å². The van der Waals surface area contributed by atoms with Crippen LogP contribution in [0.25, 0.3) is 33.1 Å². The number of aromatic nitrogens is 4. The molecule has 2 aromatic carbocycles. The van der Waals surface area contributed by atoms with E-state index in [0.29, 0.717) is 22.5 Å². The van der Waals surface area contributed by atoms with Crippen LogP contribution in [0.4, 0.5) is 5.95 Å². The minimum Gasteiger partial charge on any atom is -0.324 e. The van der Waals surface area contributed by atoms with Gasteiger partial charge in [0.05, 0.1) is 22.1 Å². The molecule has 7 nitrogen and oxygen atoms in total.